The molecule has 100 valence electrons. The molecule has 0 bridgehead atoms. The minimum Gasteiger partial charge on any atom is -0.384 e. The largest absolute Gasteiger partial charge is 0.384 e. The quantitative estimate of drug-likeness (QED) is 0.771. The molecule has 1 saturated heterocycles. The number of hydrogen-bond acceptors (Lipinski definition) is 2. The second kappa shape index (κ2) is 6.78. The lowest BCUT2D eigenvalue weighted by Crippen LogP contribution is -2.34. The van der Waals surface area contributed by atoms with Crippen molar-refractivity contribution in [1.82, 2.24) is 0 Å². The normalized spacial score (nSPS) is 17.2. The van der Waals surface area contributed by atoms with E-state index < -0.39 is 0 Å². The molecule has 0 saturated carbocycles. The third kappa shape index (κ3) is 3.40. The van der Waals surface area contributed by atoms with Crippen LogP contribution in [-0.2, 0) is 10.6 Å². The van der Waals surface area contributed by atoms with E-state index in [2.05, 4.69) is 39.0 Å². The zero-order valence-corrected chi connectivity index (χ0v) is 13.0. The van der Waals surface area contributed by atoms with Gasteiger partial charge < -0.3 is 9.64 Å². The summed E-state index contributed by atoms with van der Waals surface area (Å²) < 4.78 is 6.34. The molecular weight excluding hydrogens is 314 g/mol. The standard InChI is InChI=1S/C14H19BrClNO/c1-18-10-11-4-6-17(7-5-11)13-3-2-12(9-16)14(15)8-13/h2-3,8,11H,4-7,9-10H2,1H3. The number of ether oxygens (including phenoxy) is 1. The molecule has 0 spiro atoms. The van der Waals surface area contributed by atoms with Gasteiger partial charge in [-0.25, -0.2) is 0 Å². The van der Waals surface area contributed by atoms with Crippen molar-refractivity contribution in [3.8, 4) is 0 Å². The molecule has 2 nitrogen and oxygen atoms in total. The molecule has 0 amide bonds. The first-order valence-corrected chi connectivity index (χ1v) is 7.65. The van der Waals surface area contributed by atoms with E-state index in [1.165, 1.54) is 18.5 Å². The molecule has 18 heavy (non-hydrogen) atoms. The van der Waals surface area contributed by atoms with Crippen molar-refractivity contribution in [2.24, 2.45) is 5.92 Å². The molecule has 1 fully saturated rings. The van der Waals surface area contributed by atoms with Crippen LogP contribution in [0, 0.1) is 5.92 Å². The minimum atomic E-state index is 0.552. The van der Waals surface area contributed by atoms with E-state index in [1.807, 2.05) is 0 Å². The van der Waals surface area contributed by atoms with Crippen LogP contribution in [0.1, 0.15) is 18.4 Å². The Morgan fingerprint density at radius 2 is 2.11 bits per heavy atom. The Morgan fingerprint density at radius 3 is 2.67 bits per heavy atom. The van der Waals surface area contributed by atoms with Gasteiger partial charge in [0, 0.05) is 42.8 Å². The van der Waals surface area contributed by atoms with E-state index in [4.69, 9.17) is 16.3 Å². The average Bonchev–Trinajstić information content (AvgIpc) is 2.40. The Labute approximate surface area is 122 Å². The number of nitrogens with zero attached hydrogens (tertiary/aromatic N) is 1. The maximum absolute atomic E-state index is 5.87. The highest BCUT2D eigenvalue weighted by atomic mass is 79.9. The van der Waals surface area contributed by atoms with E-state index >= 15 is 0 Å². The lowest BCUT2D eigenvalue weighted by Gasteiger charge is -2.33. The molecule has 1 aliphatic heterocycles. The third-order valence-corrected chi connectivity index (χ3v) is 4.59. The Balaban J connectivity index is 1.99. The first kappa shape index (κ1) is 14.2. The van der Waals surface area contributed by atoms with E-state index in [0.717, 1.165) is 35.7 Å². The Bertz CT molecular complexity index is 391. The third-order valence-electron chi connectivity index (χ3n) is 3.56. The number of anilines is 1. The van der Waals surface area contributed by atoms with E-state index in [0.29, 0.717) is 5.88 Å². The molecule has 0 atom stereocenters. The summed E-state index contributed by atoms with van der Waals surface area (Å²) in [5.41, 5.74) is 2.43. The van der Waals surface area contributed by atoms with Crippen molar-refractivity contribution in [2.75, 3.05) is 31.7 Å². The Hall–Kier alpha value is -0.250. The maximum atomic E-state index is 5.87. The first-order valence-electron chi connectivity index (χ1n) is 6.33. The predicted molar refractivity (Wildman–Crippen MR) is 80.5 cm³/mol. The number of methoxy groups -OCH3 is 1. The summed E-state index contributed by atoms with van der Waals surface area (Å²) in [5, 5.41) is 0. The first-order chi connectivity index (χ1) is 8.74. The monoisotopic (exact) mass is 331 g/mol. The minimum absolute atomic E-state index is 0.552. The SMILES string of the molecule is COCC1CCN(c2ccc(CCl)c(Br)c2)CC1. The topological polar surface area (TPSA) is 12.5 Å². The summed E-state index contributed by atoms with van der Waals surface area (Å²) in [4.78, 5) is 2.44. The number of piperidine rings is 1. The molecule has 1 aromatic carbocycles. The molecule has 1 aliphatic rings. The number of rotatable bonds is 4. The summed E-state index contributed by atoms with van der Waals surface area (Å²) in [7, 11) is 1.79. The van der Waals surface area contributed by atoms with Gasteiger partial charge >= 0.3 is 0 Å². The van der Waals surface area contributed by atoms with Gasteiger partial charge in [-0.15, -0.1) is 11.6 Å². The fourth-order valence-electron chi connectivity index (χ4n) is 2.43. The summed E-state index contributed by atoms with van der Waals surface area (Å²) in [6.45, 7) is 3.12. The second-order valence-corrected chi connectivity index (χ2v) is 5.92. The highest BCUT2D eigenvalue weighted by molar-refractivity contribution is 9.10. The van der Waals surface area contributed by atoms with Crippen LogP contribution in [0.15, 0.2) is 22.7 Å². The molecule has 4 heteroatoms. The van der Waals surface area contributed by atoms with Crippen molar-refractivity contribution < 1.29 is 4.74 Å². The smallest absolute Gasteiger partial charge is 0.0491 e. The predicted octanol–water partition coefficient (Wildman–Crippen LogP) is 4.05. The van der Waals surface area contributed by atoms with Crippen molar-refractivity contribution in [3.05, 3.63) is 28.2 Å². The molecule has 0 aromatic heterocycles. The number of hydrogen-bond donors (Lipinski definition) is 0. The van der Waals surface area contributed by atoms with Gasteiger partial charge in [-0.2, -0.15) is 0 Å². The van der Waals surface area contributed by atoms with Crippen LogP contribution in [0.3, 0.4) is 0 Å². The van der Waals surface area contributed by atoms with Crippen LogP contribution < -0.4 is 4.90 Å². The summed E-state index contributed by atoms with van der Waals surface area (Å²) in [6, 6.07) is 6.45. The van der Waals surface area contributed by atoms with Gasteiger partial charge in [0.05, 0.1) is 0 Å². The summed E-state index contributed by atoms with van der Waals surface area (Å²) in [5.74, 6) is 1.27. The van der Waals surface area contributed by atoms with Crippen LogP contribution in [0.2, 0.25) is 0 Å². The molecule has 0 unspecified atom stereocenters. The fourth-order valence-corrected chi connectivity index (χ4v) is 3.34. The molecule has 2 rings (SSSR count). The van der Waals surface area contributed by atoms with E-state index in [9.17, 15) is 0 Å². The van der Waals surface area contributed by atoms with Gasteiger partial charge in [-0.05, 0) is 36.5 Å². The fraction of sp³-hybridized carbons (Fsp3) is 0.571. The highest BCUT2D eigenvalue weighted by Gasteiger charge is 2.19. The van der Waals surface area contributed by atoms with Crippen LogP contribution >= 0.6 is 27.5 Å². The number of halogens is 2. The highest BCUT2D eigenvalue weighted by Crippen LogP contribution is 2.28. The number of benzene rings is 1. The van der Waals surface area contributed by atoms with E-state index in [1.54, 1.807) is 7.11 Å². The zero-order valence-electron chi connectivity index (χ0n) is 10.7. The second-order valence-electron chi connectivity index (χ2n) is 4.80. The van der Waals surface area contributed by atoms with Crippen molar-refractivity contribution in [1.29, 1.82) is 0 Å². The average molecular weight is 333 g/mol. The summed E-state index contributed by atoms with van der Waals surface area (Å²) in [6.07, 6.45) is 2.42. The van der Waals surface area contributed by atoms with Crippen LogP contribution in [0.5, 0.6) is 0 Å². The molecule has 1 heterocycles. The lowest BCUT2D eigenvalue weighted by atomic mass is 9.97. The van der Waals surface area contributed by atoms with Crippen LogP contribution in [0.25, 0.3) is 0 Å². The van der Waals surface area contributed by atoms with Crippen molar-refractivity contribution in [2.45, 2.75) is 18.7 Å². The van der Waals surface area contributed by atoms with Crippen LogP contribution in [0.4, 0.5) is 5.69 Å². The molecule has 0 N–H and O–H groups in total. The number of alkyl halides is 1. The van der Waals surface area contributed by atoms with Gasteiger partial charge in [0.15, 0.2) is 0 Å². The Kier molecular flexibility index (Phi) is 5.34. The van der Waals surface area contributed by atoms with Gasteiger partial charge in [0.2, 0.25) is 0 Å². The molecule has 0 radical (unpaired) electrons. The maximum Gasteiger partial charge on any atom is 0.0491 e. The van der Waals surface area contributed by atoms with Gasteiger partial charge in [0.25, 0.3) is 0 Å². The Morgan fingerprint density at radius 1 is 1.39 bits per heavy atom. The van der Waals surface area contributed by atoms with Crippen molar-refractivity contribution >= 4 is 33.2 Å². The van der Waals surface area contributed by atoms with Crippen molar-refractivity contribution in [3.63, 3.8) is 0 Å². The van der Waals surface area contributed by atoms with Gasteiger partial charge in [0.1, 0.15) is 0 Å². The lowest BCUT2D eigenvalue weighted by molar-refractivity contribution is 0.139. The molecular formula is C14H19BrClNO. The van der Waals surface area contributed by atoms with Gasteiger partial charge in [-0.3, -0.25) is 0 Å². The van der Waals surface area contributed by atoms with Crippen LogP contribution in [-0.4, -0.2) is 26.8 Å². The molecule has 1 aromatic rings. The van der Waals surface area contributed by atoms with E-state index in [-0.39, 0.29) is 0 Å². The zero-order chi connectivity index (χ0) is 13.0. The molecule has 0 aliphatic carbocycles. The summed E-state index contributed by atoms with van der Waals surface area (Å²) >= 11 is 9.45. The van der Waals surface area contributed by atoms with Gasteiger partial charge in [-0.1, -0.05) is 22.0 Å².